The maximum atomic E-state index is 11.7. The first-order chi connectivity index (χ1) is 7.91. The molecule has 1 aliphatic heterocycles. The van der Waals surface area contributed by atoms with Crippen LogP contribution in [0.5, 0.6) is 0 Å². The van der Waals surface area contributed by atoms with Crippen LogP contribution in [0.1, 0.15) is 20.3 Å². The molecule has 0 aromatic heterocycles. The van der Waals surface area contributed by atoms with Crippen LogP contribution >= 0.6 is 11.8 Å². The van der Waals surface area contributed by atoms with Crippen LogP contribution in [0.3, 0.4) is 0 Å². The largest absolute Gasteiger partial charge is 1.00 e. The summed E-state index contributed by atoms with van der Waals surface area (Å²) in [5, 5.41) is 14.4. The van der Waals surface area contributed by atoms with Crippen LogP contribution in [0.15, 0.2) is 0 Å². The average molecular weight is 282 g/mol. The molecule has 0 aliphatic carbocycles. The normalized spacial score (nSPS) is 21.4. The van der Waals surface area contributed by atoms with E-state index in [4.69, 9.17) is 0 Å². The predicted octanol–water partition coefficient (Wildman–Crippen LogP) is -4.74. The van der Waals surface area contributed by atoms with Crippen molar-refractivity contribution in [3.63, 3.8) is 0 Å². The number of nitrogens with one attached hydrogen (secondary N) is 2. The standard InChI is InChI=1S/C10H16N2O4S.Na/c1-5(17-6(2)10(15)16)8(13)12-7-3-4-11-9(7)14;/h5-7H,3-4H2,1-2H3,(H,11,14)(H,12,13)(H,15,16);/q;+1/p-1/t5?,6?,7-;/m0./s1. The van der Waals surface area contributed by atoms with Crippen molar-refractivity contribution in [2.45, 2.75) is 36.8 Å². The molecule has 0 aromatic carbocycles. The molecule has 0 aromatic rings. The molecular formula is C10H15N2NaO4S. The average Bonchev–Trinajstić information content (AvgIpc) is 2.64. The van der Waals surface area contributed by atoms with E-state index in [0.29, 0.717) is 13.0 Å². The van der Waals surface area contributed by atoms with Crippen molar-refractivity contribution in [1.82, 2.24) is 10.6 Å². The number of carboxylic acid groups (broad SMARTS) is 1. The van der Waals surface area contributed by atoms with Gasteiger partial charge in [-0.3, -0.25) is 9.59 Å². The zero-order valence-electron chi connectivity index (χ0n) is 10.7. The molecule has 96 valence electrons. The van der Waals surface area contributed by atoms with E-state index in [1.54, 1.807) is 6.92 Å². The van der Waals surface area contributed by atoms with E-state index in [1.165, 1.54) is 6.92 Å². The van der Waals surface area contributed by atoms with Crippen LogP contribution in [0.25, 0.3) is 0 Å². The van der Waals surface area contributed by atoms with Crippen molar-refractivity contribution in [2.75, 3.05) is 6.54 Å². The third-order valence-corrected chi connectivity index (χ3v) is 3.70. The number of aliphatic carboxylic acids is 1. The molecule has 3 atom stereocenters. The number of hydrogen-bond donors (Lipinski definition) is 2. The first-order valence-electron chi connectivity index (χ1n) is 5.36. The third kappa shape index (κ3) is 5.17. The molecule has 1 rings (SSSR count). The topological polar surface area (TPSA) is 98.3 Å². The van der Waals surface area contributed by atoms with Gasteiger partial charge in [0.25, 0.3) is 0 Å². The molecule has 2 unspecified atom stereocenters. The minimum absolute atomic E-state index is 0. The van der Waals surface area contributed by atoms with Crippen molar-refractivity contribution in [3.8, 4) is 0 Å². The minimum atomic E-state index is -1.20. The summed E-state index contributed by atoms with van der Waals surface area (Å²) in [6.45, 7) is 3.62. The van der Waals surface area contributed by atoms with Gasteiger partial charge in [-0.2, -0.15) is 0 Å². The summed E-state index contributed by atoms with van der Waals surface area (Å²) < 4.78 is 0. The zero-order chi connectivity index (χ0) is 13.0. The van der Waals surface area contributed by atoms with Gasteiger partial charge in [-0.1, -0.05) is 0 Å². The van der Waals surface area contributed by atoms with E-state index in [-0.39, 0.29) is 41.4 Å². The van der Waals surface area contributed by atoms with E-state index in [2.05, 4.69) is 10.6 Å². The molecule has 0 radical (unpaired) electrons. The van der Waals surface area contributed by atoms with Gasteiger partial charge in [0.2, 0.25) is 11.8 Å². The molecule has 2 amide bonds. The minimum Gasteiger partial charge on any atom is -0.549 e. The molecule has 0 saturated carbocycles. The van der Waals surface area contributed by atoms with Gasteiger partial charge in [-0.25, -0.2) is 0 Å². The van der Waals surface area contributed by atoms with Crippen molar-refractivity contribution in [2.24, 2.45) is 0 Å². The van der Waals surface area contributed by atoms with Crippen molar-refractivity contribution in [3.05, 3.63) is 0 Å². The summed E-state index contributed by atoms with van der Waals surface area (Å²) in [4.78, 5) is 33.4. The number of carbonyl (C=O) groups excluding carboxylic acids is 3. The molecule has 8 heteroatoms. The van der Waals surface area contributed by atoms with E-state index in [0.717, 1.165) is 11.8 Å². The van der Waals surface area contributed by atoms with E-state index in [1.807, 2.05) is 0 Å². The molecule has 18 heavy (non-hydrogen) atoms. The Morgan fingerprint density at radius 1 is 1.44 bits per heavy atom. The number of rotatable bonds is 5. The Bertz CT molecular complexity index is 340. The van der Waals surface area contributed by atoms with Gasteiger partial charge in [-0.05, 0) is 20.3 Å². The van der Waals surface area contributed by atoms with E-state index < -0.39 is 22.5 Å². The van der Waals surface area contributed by atoms with Gasteiger partial charge < -0.3 is 20.5 Å². The fourth-order valence-electron chi connectivity index (χ4n) is 1.44. The molecule has 2 N–H and O–H groups in total. The molecule has 1 heterocycles. The monoisotopic (exact) mass is 282 g/mol. The number of hydrogen-bond acceptors (Lipinski definition) is 5. The molecular weight excluding hydrogens is 267 g/mol. The molecule has 1 saturated heterocycles. The fraction of sp³-hybridized carbons (Fsp3) is 0.700. The van der Waals surface area contributed by atoms with E-state index in [9.17, 15) is 19.5 Å². The Hall–Kier alpha value is -0.240. The van der Waals surface area contributed by atoms with Crippen molar-refractivity contribution >= 4 is 29.5 Å². The van der Waals surface area contributed by atoms with Gasteiger partial charge in [-0.15, -0.1) is 11.8 Å². The van der Waals surface area contributed by atoms with Crippen molar-refractivity contribution < 1.29 is 49.0 Å². The second kappa shape index (κ2) is 8.04. The van der Waals surface area contributed by atoms with Crippen LogP contribution in [0, 0.1) is 0 Å². The summed E-state index contributed by atoms with van der Waals surface area (Å²) in [6, 6.07) is -0.496. The maximum absolute atomic E-state index is 11.7. The second-order valence-corrected chi connectivity index (χ2v) is 5.57. The van der Waals surface area contributed by atoms with Crippen LogP contribution < -0.4 is 45.3 Å². The van der Waals surface area contributed by atoms with Crippen LogP contribution in [-0.4, -0.2) is 40.9 Å². The van der Waals surface area contributed by atoms with Gasteiger partial charge >= 0.3 is 29.6 Å². The summed E-state index contributed by atoms with van der Waals surface area (Å²) >= 11 is 0.995. The molecule has 1 aliphatic rings. The van der Waals surface area contributed by atoms with Gasteiger partial charge in [0.1, 0.15) is 6.04 Å². The number of carbonyl (C=O) groups is 3. The van der Waals surface area contributed by atoms with Gasteiger partial charge in [0.05, 0.1) is 11.2 Å². The van der Waals surface area contributed by atoms with E-state index >= 15 is 0 Å². The molecule has 6 nitrogen and oxygen atoms in total. The smallest absolute Gasteiger partial charge is 0.549 e. The summed E-state index contributed by atoms with van der Waals surface area (Å²) in [7, 11) is 0. The van der Waals surface area contributed by atoms with Gasteiger partial charge in [0.15, 0.2) is 0 Å². The Morgan fingerprint density at radius 2 is 2.06 bits per heavy atom. The maximum Gasteiger partial charge on any atom is 1.00 e. The Balaban J connectivity index is 0.00000289. The van der Waals surface area contributed by atoms with Crippen molar-refractivity contribution in [1.29, 1.82) is 0 Å². The quantitative estimate of drug-likeness (QED) is 0.494. The number of amides is 2. The second-order valence-electron chi connectivity index (χ2n) is 3.88. The zero-order valence-corrected chi connectivity index (χ0v) is 13.5. The number of carboxylic acids is 1. The van der Waals surface area contributed by atoms with Crippen LogP contribution in [0.2, 0.25) is 0 Å². The molecule has 0 bridgehead atoms. The molecule has 1 fully saturated rings. The summed E-state index contributed by atoms with van der Waals surface area (Å²) in [6.07, 6.45) is 0.567. The van der Waals surface area contributed by atoms with Gasteiger partial charge in [0, 0.05) is 11.8 Å². The SMILES string of the molecule is CC(SC(C)C(=O)N[C@H]1CCNC1=O)C(=O)[O-].[Na+]. The predicted molar refractivity (Wildman–Crippen MR) is 61.1 cm³/mol. The molecule has 0 spiro atoms. The first-order valence-corrected chi connectivity index (χ1v) is 6.30. The van der Waals surface area contributed by atoms with Crippen LogP contribution in [0.4, 0.5) is 0 Å². The third-order valence-electron chi connectivity index (χ3n) is 2.47. The number of thioether (sulfide) groups is 1. The Kier molecular flexibility index (Phi) is 7.93. The fourth-order valence-corrected chi connectivity index (χ4v) is 2.36. The van der Waals surface area contributed by atoms with Crippen LogP contribution in [-0.2, 0) is 14.4 Å². The Labute approximate surface area is 132 Å². The summed E-state index contributed by atoms with van der Waals surface area (Å²) in [5.41, 5.74) is 0. The first kappa shape index (κ1) is 17.8. The Morgan fingerprint density at radius 3 is 2.50 bits per heavy atom. The summed E-state index contributed by atoms with van der Waals surface area (Å²) in [5.74, 6) is -1.72.